The third kappa shape index (κ3) is 53.7. The van der Waals surface area contributed by atoms with Crippen LogP contribution in [0, 0.1) is 0 Å². The Morgan fingerprint density at radius 2 is 0.691 bits per heavy atom. The second kappa shape index (κ2) is 57.9. The van der Waals surface area contributed by atoms with Gasteiger partial charge in [-0.05, 0) is 77.0 Å². The fourth-order valence-corrected chi connectivity index (χ4v) is 9.51. The lowest BCUT2D eigenvalue weighted by atomic mass is 10.0. The number of hydrogen-bond donors (Lipinski definition) is 3. The number of allylic oxidation sites excluding steroid dienone is 4. The number of carbonyl (C=O) groups is 2. The molecule has 0 bridgehead atoms. The Kier molecular flexibility index (Phi) is 56.5. The zero-order valence-electron chi connectivity index (χ0n) is 45.9. The predicted molar refractivity (Wildman–Crippen MR) is 296 cm³/mol. The Morgan fingerprint density at radius 3 is 1.07 bits per heavy atom. The average Bonchev–Trinajstić information content (AvgIpc) is 3.34. The Morgan fingerprint density at radius 1 is 0.397 bits per heavy atom. The summed E-state index contributed by atoms with van der Waals surface area (Å²) in [6, 6.07) is -0.540. The molecule has 0 fully saturated rings. The number of aliphatic hydroxyl groups is 2. The fourth-order valence-electron chi connectivity index (χ4n) is 9.51. The molecule has 0 saturated heterocycles. The molecule has 0 aromatic carbocycles. The number of unbranched alkanes of at least 4 members (excludes halogenated alkanes) is 42. The summed E-state index contributed by atoms with van der Waals surface area (Å²) in [6.45, 7) is 4.93. The molecule has 0 radical (unpaired) electrons. The van der Waals surface area contributed by atoms with Gasteiger partial charge in [0.25, 0.3) is 0 Å². The lowest BCUT2D eigenvalue weighted by Crippen LogP contribution is -2.45. The number of nitrogens with one attached hydrogen (secondary N) is 1. The highest BCUT2D eigenvalue weighted by Gasteiger charge is 2.20. The molecular formula is C62H119NO5. The zero-order valence-corrected chi connectivity index (χ0v) is 45.9. The minimum atomic E-state index is -0.663. The second-order valence-electron chi connectivity index (χ2n) is 21.0. The number of hydrogen-bond acceptors (Lipinski definition) is 5. The number of esters is 1. The van der Waals surface area contributed by atoms with E-state index >= 15 is 0 Å². The lowest BCUT2D eigenvalue weighted by molar-refractivity contribution is -0.143. The van der Waals surface area contributed by atoms with Crippen LogP contribution in [0.3, 0.4) is 0 Å². The van der Waals surface area contributed by atoms with Crippen molar-refractivity contribution in [3.63, 3.8) is 0 Å². The van der Waals surface area contributed by atoms with E-state index < -0.39 is 12.1 Å². The van der Waals surface area contributed by atoms with Gasteiger partial charge in [0.15, 0.2) is 0 Å². The van der Waals surface area contributed by atoms with E-state index in [9.17, 15) is 19.8 Å². The van der Waals surface area contributed by atoms with Crippen LogP contribution in [-0.2, 0) is 14.3 Å². The number of rotatable bonds is 57. The van der Waals surface area contributed by atoms with Crippen LogP contribution >= 0.6 is 0 Å². The Bertz CT molecular complexity index is 1060. The minimum Gasteiger partial charge on any atom is -0.466 e. The van der Waals surface area contributed by atoms with Crippen molar-refractivity contribution in [3.05, 3.63) is 24.3 Å². The fraction of sp³-hybridized carbons (Fsp3) is 0.903. The van der Waals surface area contributed by atoms with Gasteiger partial charge >= 0.3 is 5.97 Å². The Hall–Kier alpha value is -1.66. The van der Waals surface area contributed by atoms with Crippen molar-refractivity contribution in [2.75, 3.05) is 13.2 Å². The molecule has 0 aromatic rings. The first-order valence-corrected chi connectivity index (χ1v) is 30.6. The minimum absolute atomic E-state index is 0.00507. The molecule has 0 aliphatic carbocycles. The van der Waals surface area contributed by atoms with Gasteiger partial charge in [-0.2, -0.15) is 0 Å². The molecule has 68 heavy (non-hydrogen) atoms. The van der Waals surface area contributed by atoms with Gasteiger partial charge in [-0.1, -0.05) is 269 Å². The summed E-state index contributed by atoms with van der Waals surface area (Å²) >= 11 is 0. The molecule has 2 unspecified atom stereocenters. The maximum absolute atomic E-state index is 12.5. The first kappa shape index (κ1) is 66.3. The van der Waals surface area contributed by atoms with Crippen LogP contribution < -0.4 is 5.32 Å². The summed E-state index contributed by atoms with van der Waals surface area (Å²) in [5.74, 6) is -0.0302. The molecule has 0 aromatic heterocycles. The number of aliphatic hydroxyl groups excluding tert-OH is 2. The van der Waals surface area contributed by atoms with Crippen LogP contribution in [0.25, 0.3) is 0 Å². The highest BCUT2D eigenvalue weighted by molar-refractivity contribution is 5.76. The van der Waals surface area contributed by atoms with Gasteiger partial charge in [-0.25, -0.2) is 0 Å². The van der Waals surface area contributed by atoms with E-state index in [-0.39, 0.29) is 18.5 Å². The average molecular weight is 959 g/mol. The number of amides is 1. The van der Waals surface area contributed by atoms with Crippen molar-refractivity contribution in [1.82, 2.24) is 5.32 Å². The molecule has 3 N–H and O–H groups in total. The molecule has 0 saturated carbocycles. The van der Waals surface area contributed by atoms with Crippen molar-refractivity contribution in [3.8, 4) is 0 Å². The van der Waals surface area contributed by atoms with Crippen LogP contribution in [-0.4, -0.2) is 47.4 Å². The monoisotopic (exact) mass is 958 g/mol. The highest BCUT2D eigenvalue weighted by Crippen LogP contribution is 2.17. The smallest absolute Gasteiger partial charge is 0.305 e. The summed E-state index contributed by atoms with van der Waals surface area (Å²) in [5.41, 5.74) is 0. The Labute approximate surface area is 424 Å². The SMILES string of the molecule is CCCCC/C=C\CCCCCCCC(=O)OCCCCCCCCCCCCCC/C=C\CCCCCCCCCCCCCC(=O)NC(CO)C(O)CCCCCCCCCCCCCC. The van der Waals surface area contributed by atoms with Crippen molar-refractivity contribution >= 4 is 11.9 Å². The van der Waals surface area contributed by atoms with Crippen LogP contribution in [0.2, 0.25) is 0 Å². The lowest BCUT2D eigenvalue weighted by Gasteiger charge is -2.22. The third-order valence-corrected chi connectivity index (χ3v) is 14.2. The molecule has 0 heterocycles. The second-order valence-corrected chi connectivity index (χ2v) is 21.0. The van der Waals surface area contributed by atoms with E-state index in [1.165, 1.54) is 257 Å². The molecule has 6 nitrogen and oxygen atoms in total. The van der Waals surface area contributed by atoms with E-state index in [0.29, 0.717) is 25.9 Å². The summed E-state index contributed by atoms with van der Waals surface area (Å²) in [4.78, 5) is 24.5. The molecule has 0 aliphatic heterocycles. The third-order valence-electron chi connectivity index (χ3n) is 14.2. The topological polar surface area (TPSA) is 95.9 Å². The van der Waals surface area contributed by atoms with Gasteiger partial charge in [-0.3, -0.25) is 9.59 Å². The number of carbonyl (C=O) groups excluding carboxylic acids is 2. The van der Waals surface area contributed by atoms with Crippen LogP contribution in [0.1, 0.15) is 335 Å². The normalized spacial score (nSPS) is 12.7. The summed E-state index contributed by atoms with van der Waals surface area (Å²) in [7, 11) is 0. The first-order chi connectivity index (χ1) is 33.5. The van der Waals surface area contributed by atoms with Crippen molar-refractivity contribution in [2.24, 2.45) is 0 Å². The predicted octanol–water partition coefficient (Wildman–Crippen LogP) is 19.0. The van der Waals surface area contributed by atoms with Gasteiger partial charge < -0.3 is 20.3 Å². The van der Waals surface area contributed by atoms with Gasteiger partial charge in [0, 0.05) is 12.8 Å². The van der Waals surface area contributed by atoms with Gasteiger partial charge in [0.1, 0.15) is 0 Å². The maximum atomic E-state index is 12.5. The zero-order chi connectivity index (χ0) is 49.3. The molecule has 1 amide bonds. The molecule has 402 valence electrons. The van der Waals surface area contributed by atoms with Crippen molar-refractivity contribution in [2.45, 2.75) is 347 Å². The van der Waals surface area contributed by atoms with Gasteiger partial charge in [-0.15, -0.1) is 0 Å². The molecule has 6 heteroatoms. The summed E-state index contributed by atoms with van der Waals surface area (Å²) < 4.78 is 5.47. The van der Waals surface area contributed by atoms with E-state index in [2.05, 4.69) is 43.5 Å². The number of ether oxygens (including phenoxy) is 1. The maximum Gasteiger partial charge on any atom is 0.305 e. The molecule has 0 aliphatic rings. The largest absolute Gasteiger partial charge is 0.466 e. The summed E-state index contributed by atoms with van der Waals surface area (Å²) in [5, 5.41) is 23.2. The van der Waals surface area contributed by atoms with Crippen LogP contribution in [0.15, 0.2) is 24.3 Å². The van der Waals surface area contributed by atoms with Crippen LogP contribution in [0.5, 0.6) is 0 Å². The van der Waals surface area contributed by atoms with Gasteiger partial charge in [0.2, 0.25) is 5.91 Å². The summed E-state index contributed by atoms with van der Waals surface area (Å²) in [6.07, 6.45) is 70.5. The van der Waals surface area contributed by atoms with Crippen LogP contribution in [0.4, 0.5) is 0 Å². The Balaban J connectivity index is 3.37. The van der Waals surface area contributed by atoms with E-state index in [0.717, 1.165) is 44.9 Å². The van der Waals surface area contributed by atoms with Crippen molar-refractivity contribution < 1.29 is 24.5 Å². The molecule has 0 spiro atoms. The molecular weight excluding hydrogens is 839 g/mol. The molecule has 2 atom stereocenters. The van der Waals surface area contributed by atoms with E-state index in [1.807, 2.05) is 0 Å². The van der Waals surface area contributed by atoms with E-state index in [1.54, 1.807) is 0 Å². The quantitative estimate of drug-likeness (QED) is 0.0321. The van der Waals surface area contributed by atoms with Gasteiger partial charge in [0.05, 0.1) is 25.4 Å². The molecule has 0 rings (SSSR count). The first-order valence-electron chi connectivity index (χ1n) is 30.6. The van der Waals surface area contributed by atoms with E-state index in [4.69, 9.17) is 4.74 Å². The highest BCUT2D eigenvalue weighted by atomic mass is 16.5. The van der Waals surface area contributed by atoms with Crippen molar-refractivity contribution in [1.29, 1.82) is 0 Å². The standard InChI is InChI=1S/C62H119NO5/c1-3-5-7-9-11-13-15-34-38-42-46-50-54-60(65)59(58-64)63-61(66)55-51-47-43-39-35-32-30-28-26-24-22-20-18-17-19-21-23-25-27-29-31-33-37-41-45-49-53-57-68-62(67)56-52-48-44-40-36-16-14-12-10-8-6-4-2/h12,14,17-18,59-60,64-65H,3-11,13,15-16,19-58H2,1-2H3,(H,63,66)/b14-12-,18-17-.